The number of rotatable bonds is 4. The number of fused-ring (bicyclic) bond motifs is 1. The highest BCUT2D eigenvalue weighted by molar-refractivity contribution is 6.01. The van der Waals surface area contributed by atoms with Gasteiger partial charge in [0.05, 0.1) is 28.2 Å². The number of primary amides is 1. The maximum absolute atomic E-state index is 13.7. The number of nitrogens with two attached hydrogens (primary N) is 1. The first-order chi connectivity index (χ1) is 15.4. The Morgan fingerprint density at radius 3 is 2.39 bits per heavy atom. The molecular formula is C24H23F3N4O2. The fourth-order valence-electron chi connectivity index (χ4n) is 4.13. The number of aromatic nitrogens is 2. The topological polar surface area (TPSA) is 90.0 Å². The maximum Gasteiger partial charge on any atom is 0.435 e. The lowest BCUT2D eigenvalue weighted by molar-refractivity contribution is -0.141. The van der Waals surface area contributed by atoms with Crippen LogP contribution in [0.5, 0.6) is 0 Å². The molecule has 9 heteroatoms. The molecule has 0 aliphatic heterocycles. The zero-order valence-electron chi connectivity index (χ0n) is 18.4. The van der Waals surface area contributed by atoms with Gasteiger partial charge in [-0.3, -0.25) is 9.59 Å². The largest absolute Gasteiger partial charge is 0.435 e. The molecule has 0 bridgehead atoms. The van der Waals surface area contributed by atoms with Crippen molar-refractivity contribution in [2.24, 2.45) is 11.1 Å². The Hall–Kier alpha value is -3.62. The van der Waals surface area contributed by atoms with E-state index in [2.05, 4.69) is 10.4 Å². The highest BCUT2D eigenvalue weighted by Gasteiger charge is 2.45. The third-order valence-electron chi connectivity index (χ3n) is 5.66. The number of benzene rings is 2. The first kappa shape index (κ1) is 22.6. The van der Waals surface area contributed by atoms with Crippen LogP contribution in [0.15, 0.2) is 42.5 Å². The number of Topliss-reactive ketones (excluding diaryl/α,β-unsaturated/α-hetero) is 1. The molecule has 0 atom stereocenters. The predicted octanol–water partition coefficient (Wildman–Crippen LogP) is 5.20. The standard InChI is InChI=1S/C24H23F3N4O2/c1-13-4-6-14(7-5-13)29-17-10-15(8-9-16(17)22(28)33)31-18-11-23(2,3)12-19(32)20(18)21(30-31)24(25,26)27/h4-10,29H,11-12H2,1-3H3,(H2,28,33). The van der Waals surface area contributed by atoms with Crippen LogP contribution in [0.1, 0.15) is 57.9 Å². The Labute approximate surface area is 188 Å². The lowest BCUT2D eigenvalue weighted by atomic mass is 9.75. The Balaban J connectivity index is 1.88. The average Bonchev–Trinajstić information content (AvgIpc) is 3.08. The number of hydrogen-bond donors (Lipinski definition) is 2. The van der Waals surface area contributed by atoms with E-state index in [1.165, 1.54) is 18.2 Å². The van der Waals surface area contributed by atoms with Crippen molar-refractivity contribution in [3.8, 4) is 5.69 Å². The second-order valence-corrected chi connectivity index (χ2v) is 9.11. The molecule has 1 aliphatic carbocycles. The van der Waals surface area contributed by atoms with Crippen molar-refractivity contribution in [2.45, 2.75) is 39.8 Å². The molecule has 6 nitrogen and oxygen atoms in total. The van der Waals surface area contributed by atoms with Crippen molar-refractivity contribution in [1.82, 2.24) is 9.78 Å². The number of nitrogens with zero attached hydrogens (tertiary/aromatic N) is 2. The number of halogens is 3. The van der Waals surface area contributed by atoms with E-state index in [9.17, 15) is 22.8 Å². The molecule has 3 aromatic rings. The average molecular weight is 456 g/mol. The summed E-state index contributed by atoms with van der Waals surface area (Å²) < 4.78 is 42.4. The molecule has 0 saturated carbocycles. The third kappa shape index (κ3) is 4.35. The van der Waals surface area contributed by atoms with Crippen LogP contribution in [0, 0.1) is 12.3 Å². The van der Waals surface area contributed by atoms with E-state index in [-0.39, 0.29) is 35.3 Å². The number of carbonyl (C=O) groups excluding carboxylic acids is 2. The molecule has 1 amide bonds. The van der Waals surface area contributed by atoms with E-state index < -0.39 is 29.0 Å². The number of hydrogen-bond acceptors (Lipinski definition) is 4. The Morgan fingerprint density at radius 1 is 1.12 bits per heavy atom. The quantitative estimate of drug-likeness (QED) is 0.565. The fraction of sp³-hybridized carbons (Fsp3) is 0.292. The van der Waals surface area contributed by atoms with Crippen molar-refractivity contribution in [1.29, 1.82) is 0 Å². The minimum Gasteiger partial charge on any atom is -0.366 e. The molecule has 172 valence electrons. The zero-order valence-corrected chi connectivity index (χ0v) is 18.4. The van der Waals surface area contributed by atoms with E-state index in [1.807, 2.05) is 45.0 Å². The Kier molecular flexibility index (Phi) is 5.30. The van der Waals surface area contributed by atoms with Gasteiger partial charge in [0.25, 0.3) is 5.91 Å². The molecule has 2 aromatic carbocycles. The molecule has 0 fully saturated rings. The summed E-state index contributed by atoms with van der Waals surface area (Å²) in [4.78, 5) is 24.6. The SMILES string of the molecule is Cc1ccc(Nc2cc(-n3nc(C(F)(F)F)c4c3CC(C)(C)CC4=O)ccc2C(N)=O)cc1. The molecule has 0 unspecified atom stereocenters. The van der Waals surface area contributed by atoms with E-state index in [1.54, 1.807) is 0 Å². The van der Waals surface area contributed by atoms with Crippen LogP contribution >= 0.6 is 0 Å². The number of anilines is 2. The summed E-state index contributed by atoms with van der Waals surface area (Å²) in [5.74, 6) is -1.27. The number of aryl methyl sites for hydroxylation is 1. The van der Waals surface area contributed by atoms with Crippen LogP contribution < -0.4 is 11.1 Å². The molecule has 0 radical (unpaired) electrons. The van der Waals surface area contributed by atoms with Gasteiger partial charge in [-0.05, 0) is 49.1 Å². The first-order valence-electron chi connectivity index (χ1n) is 10.4. The molecule has 1 heterocycles. The summed E-state index contributed by atoms with van der Waals surface area (Å²) in [7, 11) is 0. The van der Waals surface area contributed by atoms with Crippen molar-refractivity contribution >= 4 is 23.1 Å². The summed E-state index contributed by atoms with van der Waals surface area (Å²) in [6.45, 7) is 5.60. The highest BCUT2D eigenvalue weighted by atomic mass is 19.4. The van der Waals surface area contributed by atoms with Gasteiger partial charge in [-0.1, -0.05) is 31.5 Å². The second kappa shape index (κ2) is 7.75. The number of amides is 1. The lowest BCUT2D eigenvalue weighted by Gasteiger charge is -2.29. The smallest absolute Gasteiger partial charge is 0.366 e. The number of ketones is 1. The van der Waals surface area contributed by atoms with Gasteiger partial charge in [-0.25, -0.2) is 4.68 Å². The van der Waals surface area contributed by atoms with Crippen LogP contribution in [0.4, 0.5) is 24.5 Å². The molecular weight excluding hydrogens is 433 g/mol. The number of alkyl halides is 3. The van der Waals surface area contributed by atoms with Gasteiger partial charge in [0.1, 0.15) is 0 Å². The molecule has 33 heavy (non-hydrogen) atoms. The van der Waals surface area contributed by atoms with Crippen LogP contribution in [0.3, 0.4) is 0 Å². The molecule has 0 saturated heterocycles. The molecule has 1 aliphatic rings. The molecule has 3 N–H and O–H groups in total. The van der Waals surface area contributed by atoms with Crippen molar-refractivity contribution in [2.75, 3.05) is 5.32 Å². The maximum atomic E-state index is 13.7. The lowest BCUT2D eigenvalue weighted by Crippen LogP contribution is -2.29. The van der Waals surface area contributed by atoms with Gasteiger partial charge >= 0.3 is 6.18 Å². The minimum atomic E-state index is -4.78. The highest BCUT2D eigenvalue weighted by Crippen LogP contribution is 2.42. The summed E-state index contributed by atoms with van der Waals surface area (Å²) in [6.07, 6.45) is -4.52. The predicted molar refractivity (Wildman–Crippen MR) is 118 cm³/mol. The van der Waals surface area contributed by atoms with Crippen LogP contribution in [0.2, 0.25) is 0 Å². The first-order valence-corrected chi connectivity index (χ1v) is 10.4. The van der Waals surface area contributed by atoms with E-state index in [0.717, 1.165) is 10.2 Å². The Morgan fingerprint density at radius 2 is 1.79 bits per heavy atom. The van der Waals surface area contributed by atoms with Gasteiger partial charge < -0.3 is 11.1 Å². The van der Waals surface area contributed by atoms with Crippen molar-refractivity contribution in [3.63, 3.8) is 0 Å². The zero-order chi connectivity index (χ0) is 24.1. The van der Waals surface area contributed by atoms with Gasteiger partial charge in [0.2, 0.25) is 0 Å². The molecule has 0 spiro atoms. The number of carbonyl (C=O) groups is 2. The normalized spacial score (nSPS) is 15.3. The molecule has 4 rings (SSSR count). The molecule has 1 aromatic heterocycles. The van der Waals surface area contributed by atoms with Crippen LogP contribution in [-0.4, -0.2) is 21.5 Å². The fourth-order valence-corrected chi connectivity index (χ4v) is 4.13. The van der Waals surface area contributed by atoms with Gasteiger partial charge in [0.15, 0.2) is 11.5 Å². The van der Waals surface area contributed by atoms with Gasteiger partial charge in [0, 0.05) is 12.1 Å². The summed E-state index contributed by atoms with van der Waals surface area (Å²) in [5, 5.41) is 6.91. The van der Waals surface area contributed by atoms with Crippen molar-refractivity contribution in [3.05, 3.63) is 70.5 Å². The van der Waals surface area contributed by atoms with E-state index >= 15 is 0 Å². The van der Waals surface area contributed by atoms with E-state index in [4.69, 9.17) is 5.73 Å². The van der Waals surface area contributed by atoms with E-state index in [0.29, 0.717) is 11.4 Å². The van der Waals surface area contributed by atoms with Gasteiger partial charge in [-0.2, -0.15) is 18.3 Å². The van der Waals surface area contributed by atoms with Crippen LogP contribution in [-0.2, 0) is 12.6 Å². The number of nitrogens with one attached hydrogen (secondary N) is 1. The van der Waals surface area contributed by atoms with Crippen LogP contribution in [0.25, 0.3) is 5.69 Å². The third-order valence-corrected chi connectivity index (χ3v) is 5.66. The summed E-state index contributed by atoms with van der Waals surface area (Å²) in [5.41, 5.74) is 6.13. The summed E-state index contributed by atoms with van der Waals surface area (Å²) >= 11 is 0. The van der Waals surface area contributed by atoms with Crippen molar-refractivity contribution < 1.29 is 22.8 Å². The van der Waals surface area contributed by atoms with Gasteiger partial charge in [-0.15, -0.1) is 0 Å². The summed E-state index contributed by atoms with van der Waals surface area (Å²) in [6, 6.07) is 11.8. The minimum absolute atomic E-state index is 0.00954. The monoisotopic (exact) mass is 456 g/mol. The Bertz CT molecular complexity index is 1260. The second-order valence-electron chi connectivity index (χ2n) is 9.11.